The number of hydrogen-bond donors (Lipinski definition) is 0. The molecule has 0 aliphatic heterocycles. The van der Waals surface area contributed by atoms with E-state index >= 15 is 0 Å². The molecule has 1 amide bonds. The number of nitrogens with zero attached hydrogens (tertiary/aromatic N) is 3. The second kappa shape index (κ2) is 6.04. The minimum absolute atomic E-state index is 0.0106. The number of rotatable bonds is 4. The number of ether oxygens (including phenoxy) is 1. The smallest absolute Gasteiger partial charge is 0.270 e. The monoisotopic (exact) mass is 329 g/mol. The second-order valence-corrected chi connectivity index (χ2v) is 6.43. The maximum absolute atomic E-state index is 12.9. The first-order valence-electron chi connectivity index (χ1n) is 7.32. The van der Waals surface area contributed by atoms with Crippen LogP contribution < -0.4 is 4.74 Å². The molecule has 2 aromatic heterocycles. The Hall–Kier alpha value is -2.34. The number of methoxy groups -OCH3 is 1. The van der Waals surface area contributed by atoms with Crippen LogP contribution in [0.1, 0.15) is 28.3 Å². The minimum atomic E-state index is -0.0115. The van der Waals surface area contributed by atoms with Crippen LogP contribution in [0.3, 0.4) is 0 Å². The first-order chi connectivity index (χ1) is 11.0. The molecule has 0 saturated carbocycles. The van der Waals surface area contributed by atoms with Crippen LogP contribution in [0.4, 0.5) is 0 Å². The van der Waals surface area contributed by atoms with Crippen LogP contribution in [-0.2, 0) is 7.05 Å². The molecule has 0 saturated heterocycles. The molecule has 2 heterocycles. The highest BCUT2D eigenvalue weighted by molar-refractivity contribution is 7.09. The molecule has 3 aromatic rings. The summed E-state index contributed by atoms with van der Waals surface area (Å²) in [6.07, 6.45) is 1.81. The Kier molecular flexibility index (Phi) is 4.09. The molecule has 0 unspecified atom stereocenters. The highest BCUT2D eigenvalue weighted by Crippen LogP contribution is 2.27. The van der Waals surface area contributed by atoms with Crippen molar-refractivity contribution in [3.63, 3.8) is 0 Å². The number of hydrogen-bond acceptors (Lipinski definition) is 4. The summed E-state index contributed by atoms with van der Waals surface area (Å²) in [5.74, 6) is 0.775. The predicted molar refractivity (Wildman–Crippen MR) is 92.1 cm³/mol. The van der Waals surface area contributed by atoms with Crippen LogP contribution in [0.5, 0.6) is 5.75 Å². The molecule has 0 bridgehead atoms. The van der Waals surface area contributed by atoms with Crippen molar-refractivity contribution in [1.29, 1.82) is 0 Å². The number of amides is 1. The van der Waals surface area contributed by atoms with Gasteiger partial charge in [0.2, 0.25) is 0 Å². The largest absolute Gasteiger partial charge is 0.497 e. The van der Waals surface area contributed by atoms with Crippen molar-refractivity contribution in [1.82, 2.24) is 14.5 Å². The van der Waals surface area contributed by atoms with E-state index in [9.17, 15) is 4.79 Å². The van der Waals surface area contributed by atoms with Crippen LogP contribution in [0.25, 0.3) is 10.9 Å². The summed E-state index contributed by atoms with van der Waals surface area (Å²) in [6.45, 7) is 2.01. The summed E-state index contributed by atoms with van der Waals surface area (Å²) in [5.41, 5.74) is 3.45. The van der Waals surface area contributed by atoms with Crippen LogP contribution in [0.2, 0.25) is 0 Å². The maximum Gasteiger partial charge on any atom is 0.270 e. The van der Waals surface area contributed by atoms with Gasteiger partial charge in [-0.05, 0) is 31.2 Å². The fourth-order valence-corrected chi connectivity index (χ4v) is 3.36. The summed E-state index contributed by atoms with van der Waals surface area (Å²) in [4.78, 5) is 19.8. The summed E-state index contributed by atoms with van der Waals surface area (Å²) < 4.78 is 7.18. The fourth-order valence-electron chi connectivity index (χ4n) is 2.64. The highest BCUT2D eigenvalue weighted by atomic mass is 32.1. The Bertz CT molecular complexity index is 839. The van der Waals surface area contributed by atoms with Gasteiger partial charge in [0, 0.05) is 36.1 Å². The number of carbonyl (C=O) groups excluding carboxylic acids is 1. The first-order valence-corrected chi connectivity index (χ1v) is 8.20. The SMILES string of the molecule is COc1ccc2c(c1)cc(C(=O)N(C)[C@@H](C)c1cncs1)n2C. The van der Waals surface area contributed by atoms with Crippen molar-refractivity contribution in [2.45, 2.75) is 13.0 Å². The Morgan fingerprint density at radius 2 is 2.17 bits per heavy atom. The van der Waals surface area contributed by atoms with Gasteiger partial charge in [-0.25, -0.2) is 0 Å². The fraction of sp³-hybridized carbons (Fsp3) is 0.294. The third-order valence-electron chi connectivity index (χ3n) is 4.23. The molecule has 120 valence electrons. The standard InChI is InChI=1S/C17H19N3O2S/c1-11(16-9-18-10-23-16)19(2)17(21)15-8-12-7-13(22-4)5-6-14(12)20(15)3/h5-11H,1-4H3/t11-/m0/s1. The molecule has 6 heteroatoms. The van der Waals surface area contributed by atoms with Gasteiger partial charge in [-0.1, -0.05) is 0 Å². The lowest BCUT2D eigenvalue weighted by Crippen LogP contribution is -2.30. The van der Waals surface area contributed by atoms with Crippen molar-refractivity contribution in [2.75, 3.05) is 14.2 Å². The quantitative estimate of drug-likeness (QED) is 0.736. The summed E-state index contributed by atoms with van der Waals surface area (Å²) in [5, 5.41) is 0.994. The van der Waals surface area contributed by atoms with Gasteiger partial charge in [0.1, 0.15) is 11.4 Å². The van der Waals surface area contributed by atoms with E-state index in [2.05, 4.69) is 4.98 Å². The summed E-state index contributed by atoms with van der Waals surface area (Å²) in [7, 11) is 5.37. The second-order valence-electron chi connectivity index (χ2n) is 5.51. The van der Waals surface area contributed by atoms with Gasteiger partial charge in [0.15, 0.2) is 0 Å². The Labute approximate surface area is 139 Å². The van der Waals surface area contributed by atoms with Gasteiger partial charge >= 0.3 is 0 Å². The lowest BCUT2D eigenvalue weighted by atomic mass is 10.2. The molecule has 0 spiro atoms. The van der Waals surface area contributed by atoms with E-state index in [4.69, 9.17) is 4.74 Å². The molecule has 0 fully saturated rings. The highest BCUT2D eigenvalue weighted by Gasteiger charge is 2.23. The number of aromatic nitrogens is 2. The van der Waals surface area contributed by atoms with Gasteiger partial charge < -0.3 is 14.2 Å². The Balaban J connectivity index is 1.95. The molecular formula is C17H19N3O2S. The first kappa shape index (κ1) is 15.6. The lowest BCUT2D eigenvalue weighted by molar-refractivity contribution is 0.0735. The zero-order chi connectivity index (χ0) is 16.6. The predicted octanol–water partition coefficient (Wildman–Crippen LogP) is 3.48. The maximum atomic E-state index is 12.9. The van der Waals surface area contributed by atoms with Gasteiger partial charge in [-0.3, -0.25) is 9.78 Å². The van der Waals surface area contributed by atoms with Crippen molar-refractivity contribution in [3.8, 4) is 5.75 Å². The molecule has 0 N–H and O–H groups in total. The van der Waals surface area contributed by atoms with E-state index in [0.29, 0.717) is 5.69 Å². The molecule has 0 aliphatic rings. The van der Waals surface area contributed by atoms with E-state index in [1.165, 1.54) is 0 Å². The summed E-state index contributed by atoms with van der Waals surface area (Å²) >= 11 is 1.56. The zero-order valence-corrected chi connectivity index (χ0v) is 14.4. The van der Waals surface area contributed by atoms with Gasteiger partial charge in [0.05, 0.1) is 18.7 Å². The average Bonchev–Trinajstić information content (AvgIpc) is 3.21. The van der Waals surface area contributed by atoms with E-state index in [-0.39, 0.29) is 11.9 Å². The molecule has 23 heavy (non-hydrogen) atoms. The average molecular weight is 329 g/mol. The number of benzene rings is 1. The normalized spacial score (nSPS) is 12.3. The van der Waals surface area contributed by atoms with E-state index in [1.54, 1.807) is 28.9 Å². The molecule has 0 aliphatic carbocycles. The van der Waals surface area contributed by atoms with Crippen LogP contribution in [0.15, 0.2) is 36.0 Å². The lowest BCUT2D eigenvalue weighted by Gasteiger charge is -2.24. The van der Waals surface area contributed by atoms with Crippen molar-refractivity contribution in [3.05, 3.63) is 46.5 Å². The zero-order valence-electron chi connectivity index (χ0n) is 13.6. The molecule has 0 radical (unpaired) electrons. The van der Waals surface area contributed by atoms with E-state index in [1.807, 2.05) is 56.0 Å². The minimum Gasteiger partial charge on any atom is -0.497 e. The third-order valence-corrected chi connectivity index (χ3v) is 5.18. The molecule has 3 rings (SSSR count). The van der Waals surface area contributed by atoms with Gasteiger partial charge in [-0.15, -0.1) is 11.3 Å². The molecule has 1 aromatic carbocycles. The molecule has 1 atom stereocenters. The number of carbonyl (C=O) groups is 1. The Morgan fingerprint density at radius 1 is 1.39 bits per heavy atom. The summed E-state index contributed by atoms with van der Waals surface area (Å²) in [6, 6.07) is 7.72. The topological polar surface area (TPSA) is 47.4 Å². The van der Waals surface area contributed by atoms with Gasteiger partial charge in [0.25, 0.3) is 5.91 Å². The molecule has 5 nitrogen and oxygen atoms in total. The van der Waals surface area contributed by atoms with Crippen molar-refractivity contribution in [2.24, 2.45) is 7.05 Å². The Morgan fingerprint density at radius 3 is 2.83 bits per heavy atom. The van der Waals surface area contributed by atoms with Crippen molar-refractivity contribution >= 4 is 28.1 Å². The number of fused-ring (bicyclic) bond motifs is 1. The van der Waals surface area contributed by atoms with E-state index < -0.39 is 0 Å². The molecular weight excluding hydrogens is 310 g/mol. The number of aryl methyl sites for hydroxylation is 1. The van der Waals surface area contributed by atoms with Crippen LogP contribution in [-0.4, -0.2) is 34.5 Å². The number of thiazole rings is 1. The van der Waals surface area contributed by atoms with Crippen LogP contribution in [0, 0.1) is 0 Å². The van der Waals surface area contributed by atoms with Crippen molar-refractivity contribution < 1.29 is 9.53 Å². The van der Waals surface area contributed by atoms with E-state index in [0.717, 1.165) is 21.5 Å². The van der Waals surface area contributed by atoms with Gasteiger partial charge in [-0.2, -0.15) is 0 Å². The van der Waals surface area contributed by atoms with Crippen LogP contribution >= 0.6 is 11.3 Å². The third kappa shape index (κ3) is 2.70.